The third-order valence-corrected chi connectivity index (χ3v) is 5.46. The minimum Gasteiger partial charge on any atom is -0.350 e. The van der Waals surface area contributed by atoms with Gasteiger partial charge in [0.2, 0.25) is 0 Å². The van der Waals surface area contributed by atoms with Crippen molar-refractivity contribution in [3.05, 3.63) is 51.3 Å². The van der Waals surface area contributed by atoms with Crippen LogP contribution in [0.5, 0.6) is 0 Å². The molecule has 1 aromatic heterocycles. The summed E-state index contributed by atoms with van der Waals surface area (Å²) in [6.45, 7) is 4.29. The maximum Gasteiger partial charge on any atom is 0.256 e. The van der Waals surface area contributed by atoms with Crippen LogP contribution in [-0.2, 0) is 7.05 Å². The summed E-state index contributed by atoms with van der Waals surface area (Å²) in [7, 11) is 1.73. The van der Waals surface area contributed by atoms with Crippen molar-refractivity contribution in [1.82, 2.24) is 20.0 Å². The van der Waals surface area contributed by atoms with Gasteiger partial charge in [-0.25, -0.2) is 0 Å². The lowest BCUT2D eigenvalue weighted by Gasteiger charge is -2.29. The van der Waals surface area contributed by atoms with Crippen LogP contribution in [0.15, 0.2) is 24.3 Å². The Balaban J connectivity index is 1.79. The lowest BCUT2D eigenvalue weighted by molar-refractivity contribution is 0.0937. The van der Waals surface area contributed by atoms with Crippen LogP contribution in [0.3, 0.4) is 0 Å². The van der Waals surface area contributed by atoms with Gasteiger partial charge < -0.3 is 5.32 Å². The summed E-state index contributed by atoms with van der Waals surface area (Å²) in [5, 5.41) is 8.30. The zero-order valence-electron chi connectivity index (χ0n) is 14.4. The molecule has 25 heavy (non-hydrogen) atoms. The molecule has 1 atom stereocenters. The number of benzene rings is 1. The van der Waals surface area contributed by atoms with E-state index in [2.05, 4.69) is 15.3 Å². The quantitative estimate of drug-likeness (QED) is 0.861. The standard InChI is InChI=1S/C18H22Cl2N4O/c1-12-16(17(20)23(2)22-12)18(25)21-11-15(24-9-5-6-10-24)13-7-3-4-8-14(13)19/h3-4,7-8,15H,5-6,9-11H2,1-2H3,(H,21,25)/t15-/m1/s1. The Morgan fingerprint density at radius 1 is 1.28 bits per heavy atom. The highest BCUT2D eigenvalue weighted by Gasteiger charge is 2.27. The number of rotatable bonds is 5. The van der Waals surface area contributed by atoms with E-state index in [1.54, 1.807) is 14.0 Å². The number of amides is 1. The number of hydrogen-bond acceptors (Lipinski definition) is 3. The Labute approximate surface area is 157 Å². The molecule has 1 amide bonds. The van der Waals surface area contributed by atoms with Gasteiger partial charge in [0.1, 0.15) is 5.15 Å². The number of nitrogens with one attached hydrogen (secondary N) is 1. The van der Waals surface area contributed by atoms with E-state index in [-0.39, 0.29) is 11.9 Å². The number of halogens is 2. The van der Waals surface area contributed by atoms with E-state index in [9.17, 15) is 4.79 Å². The summed E-state index contributed by atoms with van der Waals surface area (Å²) in [4.78, 5) is 15.0. The summed E-state index contributed by atoms with van der Waals surface area (Å²) < 4.78 is 1.51. The molecule has 0 spiro atoms. The highest BCUT2D eigenvalue weighted by Crippen LogP contribution is 2.30. The zero-order chi connectivity index (χ0) is 18.0. The van der Waals surface area contributed by atoms with Gasteiger partial charge in [0.25, 0.3) is 5.91 Å². The Morgan fingerprint density at radius 2 is 1.96 bits per heavy atom. The van der Waals surface area contributed by atoms with Gasteiger partial charge in [-0.2, -0.15) is 5.10 Å². The topological polar surface area (TPSA) is 50.2 Å². The number of nitrogens with zero attached hydrogens (tertiary/aromatic N) is 3. The fourth-order valence-electron chi connectivity index (χ4n) is 3.40. The summed E-state index contributed by atoms with van der Waals surface area (Å²) in [6.07, 6.45) is 2.34. The van der Waals surface area contributed by atoms with E-state index in [4.69, 9.17) is 23.2 Å². The molecule has 7 heteroatoms. The molecule has 1 aliphatic rings. The third-order valence-electron chi connectivity index (χ3n) is 4.68. The van der Waals surface area contributed by atoms with E-state index in [1.807, 2.05) is 24.3 Å². The SMILES string of the molecule is Cc1nn(C)c(Cl)c1C(=O)NC[C@H](c1ccccc1Cl)N1CCCC1. The maximum absolute atomic E-state index is 12.6. The van der Waals surface area contributed by atoms with Crippen LogP contribution in [0.4, 0.5) is 0 Å². The van der Waals surface area contributed by atoms with E-state index < -0.39 is 0 Å². The molecule has 0 saturated carbocycles. The second-order valence-electron chi connectivity index (χ2n) is 6.37. The second kappa shape index (κ2) is 7.77. The second-order valence-corrected chi connectivity index (χ2v) is 7.13. The van der Waals surface area contributed by atoms with Gasteiger partial charge in [0.05, 0.1) is 17.3 Å². The highest BCUT2D eigenvalue weighted by atomic mass is 35.5. The van der Waals surface area contributed by atoms with Crippen LogP contribution in [0.2, 0.25) is 10.2 Å². The van der Waals surface area contributed by atoms with Gasteiger partial charge in [-0.1, -0.05) is 41.4 Å². The van der Waals surface area contributed by atoms with Crippen molar-refractivity contribution in [2.75, 3.05) is 19.6 Å². The smallest absolute Gasteiger partial charge is 0.256 e. The monoisotopic (exact) mass is 380 g/mol. The minimum absolute atomic E-state index is 0.0518. The van der Waals surface area contributed by atoms with Crippen molar-refractivity contribution in [2.24, 2.45) is 7.05 Å². The minimum atomic E-state index is -0.202. The number of carbonyl (C=O) groups is 1. The predicted molar refractivity (Wildman–Crippen MR) is 100 cm³/mol. The van der Waals surface area contributed by atoms with E-state index in [1.165, 1.54) is 17.5 Å². The number of aromatic nitrogens is 2. The van der Waals surface area contributed by atoms with E-state index >= 15 is 0 Å². The molecule has 0 radical (unpaired) electrons. The molecule has 1 aliphatic heterocycles. The normalized spacial score (nSPS) is 16.2. The fraction of sp³-hybridized carbons (Fsp3) is 0.444. The van der Waals surface area contributed by atoms with Crippen LogP contribution in [0.25, 0.3) is 0 Å². The number of carbonyl (C=O) groups excluding carboxylic acids is 1. The van der Waals surface area contributed by atoms with Gasteiger partial charge in [-0.15, -0.1) is 0 Å². The Kier molecular flexibility index (Phi) is 5.67. The molecular weight excluding hydrogens is 359 g/mol. The Morgan fingerprint density at radius 3 is 2.56 bits per heavy atom. The van der Waals surface area contributed by atoms with Crippen molar-refractivity contribution in [3.63, 3.8) is 0 Å². The van der Waals surface area contributed by atoms with Crippen molar-refractivity contribution in [2.45, 2.75) is 25.8 Å². The van der Waals surface area contributed by atoms with Gasteiger partial charge >= 0.3 is 0 Å². The molecule has 2 heterocycles. The third kappa shape index (κ3) is 3.84. The average molecular weight is 381 g/mol. The van der Waals surface area contributed by atoms with Crippen molar-refractivity contribution >= 4 is 29.1 Å². The fourth-order valence-corrected chi connectivity index (χ4v) is 3.92. The molecule has 3 rings (SSSR count). The van der Waals surface area contributed by atoms with Crippen molar-refractivity contribution in [3.8, 4) is 0 Å². The largest absolute Gasteiger partial charge is 0.350 e. The van der Waals surface area contributed by atoms with Gasteiger partial charge in [-0.3, -0.25) is 14.4 Å². The first-order chi connectivity index (χ1) is 12.0. The van der Waals surface area contributed by atoms with Gasteiger partial charge in [0, 0.05) is 18.6 Å². The van der Waals surface area contributed by atoms with Gasteiger partial charge in [0.15, 0.2) is 0 Å². The van der Waals surface area contributed by atoms with Crippen LogP contribution < -0.4 is 5.32 Å². The Hall–Kier alpha value is -1.56. The molecule has 2 aromatic rings. The molecule has 0 bridgehead atoms. The molecule has 1 saturated heterocycles. The molecule has 0 unspecified atom stereocenters. The summed E-state index contributed by atoms with van der Waals surface area (Å²) >= 11 is 12.6. The number of likely N-dealkylation sites (tertiary alicyclic amines) is 1. The van der Waals surface area contributed by atoms with Crippen LogP contribution in [-0.4, -0.2) is 40.2 Å². The Bertz CT molecular complexity index is 768. The lowest BCUT2D eigenvalue weighted by atomic mass is 10.1. The highest BCUT2D eigenvalue weighted by molar-refractivity contribution is 6.33. The van der Waals surface area contributed by atoms with Crippen molar-refractivity contribution in [1.29, 1.82) is 0 Å². The molecule has 5 nitrogen and oxygen atoms in total. The number of aryl methyl sites for hydroxylation is 2. The lowest BCUT2D eigenvalue weighted by Crippen LogP contribution is -2.37. The summed E-state index contributed by atoms with van der Waals surface area (Å²) in [6, 6.07) is 7.87. The van der Waals surface area contributed by atoms with Crippen LogP contribution in [0.1, 0.15) is 40.5 Å². The average Bonchev–Trinajstić information content (AvgIpc) is 3.18. The maximum atomic E-state index is 12.6. The molecule has 1 N–H and O–H groups in total. The van der Waals surface area contributed by atoms with E-state index in [0.29, 0.717) is 23.0 Å². The first-order valence-electron chi connectivity index (χ1n) is 8.44. The molecule has 1 fully saturated rings. The van der Waals surface area contributed by atoms with Crippen LogP contribution in [0, 0.1) is 6.92 Å². The summed E-state index contributed by atoms with van der Waals surface area (Å²) in [5.74, 6) is -0.202. The molecular formula is C18H22Cl2N4O. The first kappa shape index (κ1) is 18.2. The molecule has 1 aromatic carbocycles. The zero-order valence-corrected chi connectivity index (χ0v) is 15.9. The van der Waals surface area contributed by atoms with Crippen molar-refractivity contribution < 1.29 is 4.79 Å². The van der Waals surface area contributed by atoms with E-state index in [0.717, 1.165) is 23.7 Å². The summed E-state index contributed by atoms with van der Waals surface area (Å²) in [5.41, 5.74) is 2.10. The first-order valence-corrected chi connectivity index (χ1v) is 9.20. The van der Waals surface area contributed by atoms with Crippen LogP contribution >= 0.6 is 23.2 Å². The molecule has 0 aliphatic carbocycles. The number of hydrogen-bond donors (Lipinski definition) is 1. The molecule has 134 valence electrons. The predicted octanol–water partition coefficient (Wildman–Crippen LogP) is 3.60. The van der Waals surface area contributed by atoms with Gasteiger partial charge in [-0.05, 0) is 44.5 Å².